The molecular formula is C15H22N2S. The number of benzene rings is 1. The summed E-state index contributed by atoms with van der Waals surface area (Å²) in [4.78, 5) is 4.60. The zero-order valence-electron chi connectivity index (χ0n) is 11.7. The first-order valence-corrected chi connectivity index (χ1v) is 7.49. The summed E-state index contributed by atoms with van der Waals surface area (Å²) < 4.78 is 0. The van der Waals surface area contributed by atoms with Crippen LogP contribution in [0.2, 0.25) is 0 Å². The molecule has 0 aromatic heterocycles. The molecular weight excluding hydrogens is 240 g/mol. The van der Waals surface area contributed by atoms with E-state index < -0.39 is 0 Å². The summed E-state index contributed by atoms with van der Waals surface area (Å²) in [5, 5.41) is 4.55. The summed E-state index contributed by atoms with van der Waals surface area (Å²) in [5.74, 6) is 1.85. The minimum Gasteiger partial charge on any atom is -0.335 e. The van der Waals surface area contributed by atoms with E-state index >= 15 is 0 Å². The first kappa shape index (κ1) is 13.5. The number of amidine groups is 1. The molecule has 0 amide bonds. The Bertz CT molecular complexity index is 446. The van der Waals surface area contributed by atoms with Gasteiger partial charge in [0.1, 0.15) is 0 Å². The smallest absolute Gasteiger partial charge is 0.161 e. The predicted octanol–water partition coefficient (Wildman–Crippen LogP) is 4.13. The van der Waals surface area contributed by atoms with Gasteiger partial charge < -0.3 is 5.32 Å². The quantitative estimate of drug-likeness (QED) is 0.822. The monoisotopic (exact) mass is 262 g/mol. The average molecular weight is 262 g/mol. The molecule has 1 aromatic rings. The fourth-order valence-electron chi connectivity index (χ4n) is 2.00. The highest BCUT2D eigenvalue weighted by Gasteiger charge is 2.19. The van der Waals surface area contributed by atoms with Crippen LogP contribution in [0.15, 0.2) is 29.3 Å². The summed E-state index contributed by atoms with van der Waals surface area (Å²) in [6, 6.07) is 8.51. The molecule has 18 heavy (non-hydrogen) atoms. The second-order valence-electron chi connectivity index (χ2n) is 5.98. The number of hydrogen-bond donors (Lipinski definition) is 1. The van der Waals surface area contributed by atoms with Gasteiger partial charge in [0, 0.05) is 18.0 Å². The number of rotatable bonds is 1. The molecule has 0 saturated carbocycles. The van der Waals surface area contributed by atoms with Crippen molar-refractivity contribution in [3.8, 4) is 0 Å². The zero-order chi connectivity index (χ0) is 13.2. The van der Waals surface area contributed by atoms with E-state index in [9.17, 15) is 0 Å². The lowest BCUT2D eigenvalue weighted by Gasteiger charge is -2.25. The van der Waals surface area contributed by atoms with Crippen LogP contribution < -0.4 is 5.32 Å². The summed E-state index contributed by atoms with van der Waals surface area (Å²) in [7, 11) is 0. The lowest BCUT2D eigenvalue weighted by Crippen LogP contribution is -2.21. The van der Waals surface area contributed by atoms with Gasteiger partial charge in [-0.1, -0.05) is 57.7 Å². The Balaban J connectivity index is 2.20. The molecule has 1 N–H and O–H groups in total. The lowest BCUT2D eigenvalue weighted by atomic mass is 9.86. The maximum atomic E-state index is 4.60. The fourth-order valence-corrected chi connectivity index (χ4v) is 2.89. The van der Waals surface area contributed by atoms with Crippen LogP contribution in [-0.4, -0.2) is 17.5 Å². The maximum Gasteiger partial charge on any atom is 0.161 e. The molecule has 98 valence electrons. The maximum absolute atomic E-state index is 4.60. The Labute approximate surface area is 114 Å². The summed E-state index contributed by atoms with van der Waals surface area (Å²) in [5.41, 5.74) is 2.68. The first-order chi connectivity index (χ1) is 8.47. The van der Waals surface area contributed by atoms with Crippen LogP contribution in [0.5, 0.6) is 0 Å². The van der Waals surface area contributed by atoms with Gasteiger partial charge in [-0.3, -0.25) is 4.99 Å². The molecule has 1 atom stereocenters. The topological polar surface area (TPSA) is 24.4 Å². The van der Waals surface area contributed by atoms with Crippen molar-refractivity contribution >= 4 is 22.6 Å². The molecule has 1 unspecified atom stereocenters. The third kappa shape index (κ3) is 3.29. The zero-order valence-corrected chi connectivity index (χ0v) is 12.5. The third-order valence-electron chi connectivity index (χ3n) is 3.03. The van der Waals surface area contributed by atoms with E-state index in [1.54, 1.807) is 0 Å². The molecule has 1 heterocycles. The van der Waals surface area contributed by atoms with E-state index in [1.165, 1.54) is 11.3 Å². The van der Waals surface area contributed by atoms with Gasteiger partial charge in [-0.15, -0.1) is 0 Å². The molecule has 2 rings (SSSR count). The number of anilines is 1. The van der Waals surface area contributed by atoms with Gasteiger partial charge in [0.25, 0.3) is 0 Å². The third-order valence-corrected chi connectivity index (χ3v) is 4.27. The molecule has 2 nitrogen and oxygen atoms in total. The van der Waals surface area contributed by atoms with Crippen molar-refractivity contribution in [1.82, 2.24) is 0 Å². The number of hydrogen-bond acceptors (Lipinski definition) is 3. The van der Waals surface area contributed by atoms with Crippen LogP contribution in [0.4, 0.5) is 5.69 Å². The minimum atomic E-state index is 0.150. The van der Waals surface area contributed by atoms with Gasteiger partial charge in [0.05, 0.1) is 0 Å². The van der Waals surface area contributed by atoms with E-state index in [0.29, 0.717) is 5.92 Å². The van der Waals surface area contributed by atoms with E-state index in [1.807, 2.05) is 11.8 Å². The summed E-state index contributed by atoms with van der Waals surface area (Å²) >= 11 is 1.82. The number of nitrogens with zero attached hydrogens (tertiary/aromatic N) is 1. The van der Waals surface area contributed by atoms with Crippen LogP contribution in [0, 0.1) is 5.92 Å². The van der Waals surface area contributed by atoms with Crippen molar-refractivity contribution in [1.29, 1.82) is 0 Å². The van der Waals surface area contributed by atoms with Crippen LogP contribution in [0.3, 0.4) is 0 Å². The molecule has 3 heteroatoms. The molecule has 0 aliphatic carbocycles. The minimum absolute atomic E-state index is 0.150. The van der Waals surface area contributed by atoms with Crippen LogP contribution in [0.25, 0.3) is 0 Å². The van der Waals surface area contributed by atoms with Crippen molar-refractivity contribution < 1.29 is 0 Å². The Hall–Kier alpha value is -0.960. The van der Waals surface area contributed by atoms with Gasteiger partial charge in [0.15, 0.2) is 5.17 Å². The first-order valence-electron chi connectivity index (χ1n) is 6.50. The van der Waals surface area contributed by atoms with Crippen molar-refractivity contribution in [2.75, 3.05) is 17.6 Å². The Morgan fingerprint density at radius 1 is 1.28 bits per heavy atom. The number of thioether (sulfide) groups is 1. The number of para-hydroxylation sites is 1. The van der Waals surface area contributed by atoms with E-state index in [2.05, 4.69) is 62.3 Å². The molecule has 0 bridgehead atoms. The van der Waals surface area contributed by atoms with Crippen molar-refractivity contribution in [2.45, 2.75) is 33.1 Å². The van der Waals surface area contributed by atoms with Crippen LogP contribution in [0.1, 0.15) is 33.3 Å². The molecule has 0 fully saturated rings. The number of nitrogens with one attached hydrogen (secondary N) is 1. The highest BCUT2D eigenvalue weighted by molar-refractivity contribution is 8.14. The van der Waals surface area contributed by atoms with Crippen molar-refractivity contribution in [3.05, 3.63) is 29.8 Å². The average Bonchev–Trinajstić information content (AvgIpc) is 2.31. The van der Waals surface area contributed by atoms with E-state index in [-0.39, 0.29) is 5.41 Å². The Morgan fingerprint density at radius 3 is 2.61 bits per heavy atom. The fraction of sp³-hybridized carbons (Fsp3) is 0.533. The van der Waals surface area contributed by atoms with E-state index in [0.717, 1.165) is 17.5 Å². The Morgan fingerprint density at radius 2 is 2.00 bits per heavy atom. The van der Waals surface area contributed by atoms with Crippen molar-refractivity contribution in [2.24, 2.45) is 10.9 Å². The summed E-state index contributed by atoms with van der Waals surface area (Å²) in [6.07, 6.45) is 0. The van der Waals surface area contributed by atoms with Crippen molar-refractivity contribution in [3.63, 3.8) is 0 Å². The summed E-state index contributed by atoms with van der Waals surface area (Å²) in [6.45, 7) is 9.91. The number of aliphatic imine (C=N–C) groups is 1. The SMILES string of the molecule is CC1CN=C(Nc2ccccc2C(C)(C)C)SC1. The standard InChI is InChI=1S/C15H22N2S/c1-11-9-16-14(18-10-11)17-13-8-6-5-7-12(13)15(2,3)4/h5-8,11H,9-10H2,1-4H3,(H,16,17). The molecule has 0 spiro atoms. The lowest BCUT2D eigenvalue weighted by molar-refractivity contribution is 0.592. The van der Waals surface area contributed by atoms with Gasteiger partial charge in [-0.25, -0.2) is 0 Å². The highest BCUT2D eigenvalue weighted by Crippen LogP contribution is 2.30. The second kappa shape index (κ2) is 5.35. The normalized spacial score (nSPS) is 20.4. The molecule has 0 saturated heterocycles. The molecule has 1 aromatic carbocycles. The van der Waals surface area contributed by atoms with Crippen LogP contribution in [-0.2, 0) is 5.41 Å². The molecule has 1 aliphatic heterocycles. The van der Waals surface area contributed by atoms with Crippen LogP contribution >= 0.6 is 11.8 Å². The molecule has 1 aliphatic rings. The van der Waals surface area contributed by atoms with Gasteiger partial charge in [-0.2, -0.15) is 0 Å². The van der Waals surface area contributed by atoms with Gasteiger partial charge in [-0.05, 0) is 23.0 Å². The van der Waals surface area contributed by atoms with Gasteiger partial charge in [0.2, 0.25) is 0 Å². The largest absolute Gasteiger partial charge is 0.335 e. The Kier molecular flexibility index (Phi) is 4.00. The van der Waals surface area contributed by atoms with E-state index in [4.69, 9.17) is 0 Å². The second-order valence-corrected chi connectivity index (χ2v) is 6.99. The molecule has 0 radical (unpaired) electrons. The van der Waals surface area contributed by atoms with Gasteiger partial charge >= 0.3 is 0 Å². The highest BCUT2D eigenvalue weighted by atomic mass is 32.2. The predicted molar refractivity (Wildman–Crippen MR) is 82.7 cm³/mol.